The van der Waals surface area contributed by atoms with Crippen molar-refractivity contribution in [3.05, 3.63) is 23.8 Å². The number of hydrogen-bond acceptors (Lipinski definition) is 4. The van der Waals surface area contributed by atoms with Crippen molar-refractivity contribution in [3.8, 4) is 0 Å². The monoisotopic (exact) mass is 237 g/mol. The van der Waals surface area contributed by atoms with Crippen molar-refractivity contribution in [1.82, 2.24) is 5.32 Å². The van der Waals surface area contributed by atoms with Crippen molar-refractivity contribution in [3.63, 3.8) is 0 Å². The fourth-order valence-corrected chi connectivity index (χ4v) is 1.37. The van der Waals surface area contributed by atoms with Crippen LogP contribution in [0.25, 0.3) is 0 Å². The lowest BCUT2D eigenvalue weighted by atomic mass is 10.1. The van der Waals surface area contributed by atoms with E-state index in [4.69, 9.17) is 10.8 Å². The molecule has 0 atom stereocenters. The Balaban J connectivity index is 2.89. The summed E-state index contributed by atoms with van der Waals surface area (Å²) in [5.74, 6) is -1.20. The first-order chi connectivity index (χ1) is 7.95. The zero-order chi connectivity index (χ0) is 13.0. The van der Waals surface area contributed by atoms with Crippen molar-refractivity contribution < 1.29 is 14.7 Å². The van der Waals surface area contributed by atoms with E-state index < -0.39 is 5.97 Å². The Hall–Kier alpha value is -2.24. The molecule has 0 fully saturated rings. The number of likely N-dealkylation sites (N-methyl/N-ethyl adjacent to an activating group) is 2. The van der Waals surface area contributed by atoms with Crippen LogP contribution in [0, 0.1) is 0 Å². The summed E-state index contributed by atoms with van der Waals surface area (Å²) in [6.07, 6.45) is 0. The van der Waals surface area contributed by atoms with E-state index in [1.54, 1.807) is 25.1 Å². The van der Waals surface area contributed by atoms with Gasteiger partial charge in [-0.15, -0.1) is 0 Å². The maximum atomic E-state index is 11.2. The molecule has 4 N–H and O–H groups in total. The summed E-state index contributed by atoms with van der Waals surface area (Å²) < 4.78 is 0. The standard InChI is InChI=1S/C11H15N3O3/c1-13-10(15)6-14(2)7-3-4-8(11(16)17)9(12)5-7/h3-5H,6,12H2,1-2H3,(H,13,15)(H,16,17). The maximum Gasteiger partial charge on any atom is 0.337 e. The van der Waals surface area contributed by atoms with E-state index in [-0.39, 0.29) is 23.7 Å². The first-order valence-electron chi connectivity index (χ1n) is 5.00. The first-order valence-corrected chi connectivity index (χ1v) is 5.00. The molecule has 1 amide bonds. The van der Waals surface area contributed by atoms with Crippen molar-refractivity contribution in [2.75, 3.05) is 31.3 Å². The molecule has 0 unspecified atom stereocenters. The van der Waals surface area contributed by atoms with Gasteiger partial charge in [-0.05, 0) is 18.2 Å². The third-order valence-corrected chi connectivity index (χ3v) is 2.37. The smallest absolute Gasteiger partial charge is 0.337 e. The number of nitrogens with two attached hydrogens (primary N) is 1. The summed E-state index contributed by atoms with van der Waals surface area (Å²) in [6.45, 7) is 0.183. The quantitative estimate of drug-likeness (QED) is 0.648. The van der Waals surface area contributed by atoms with Crippen LogP contribution in [-0.4, -0.2) is 37.6 Å². The van der Waals surface area contributed by atoms with Crippen LogP contribution in [0.3, 0.4) is 0 Å². The van der Waals surface area contributed by atoms with E-state index in [2.05, 4.69) is 5.32 Å². The Bertz CT molecular complexity index is 446. The molecular formula is C11H15N3O3. The van der Waals surface area contributed by atoms with Gasteiger partial charge in [0, 0.05) is 25.5 Å². The molecular weight excluding hydrogens is 222 g/mol. The molecule has 6 nitrogen and oxygen atoms in total. The van der Waals surface area contributed by atoms with Gasteiger partial charge in [-0.1, -0.05) is 0 Å². The Labute approximate surface area is 99.0 Å². The van der Waals surface area contributed by atoms with E-state index in [9.17, 15) is 9.59 Å². The SMILES string of the molecule is CNC(=O)CN(C)c1ccc(C(=O)O)c(N)c1. The van der Waals surface area contributed by atoms with E-state index >= 15 is 0 Å². The number of benzene rings is 1. The summed E-state index contributed by atoms with van der Waals surface area (Å²) in [5, 5.41) is 11.3. The van der Waals surface area contributed by atoms with Gasteiger partial charge in [0.05, 0.1) is 12.1 Å². The molecule has 0 radical (unpaired) electrons. The van der Waals surface area contributed by atoms with Crippen molar-refractivity contribution in [2.24, 2.45) is 0 Å². The summed E-state index contributed by atoms with van der Waals surface area (Å²) in [7, 11) is 3.28. The molecule has 1 aromatic carbocycles. The second-order valence-electron chi connectivity index (χ2n) is 3.61. The highest BCUT2D eigenvalue weighted by Gasteiger charge is 2.11. The van der Waals surface area contributed by atoms with Gasteiger partial charge in [-0.2, -0.15) is 0 Å². The largest absolute Gasteiger partial charge is 0.478 e. The number of carboxylic acids is 1. The number of nitrogens with one attached hydrogen (secondary N) is 1. The molecule has 0 aliphatic heterocycles. The topological polar surface area (TPSA) is 95.7 Å². The Kier molecular flexibility index (Phi) is 3.92. The molecule has 0 bridgehead atoms. The van der Waals surface area contributed by atoms with Gasteiger partial charge in [0.1, 0.15) is 0 Å². The van der Waals surface area contributed by atoms with Crippen molar-refractivity contribution in [2.45, 2.75) is 0 Å². The highest BCUT2D eigenvalue weighted by atomic mass is 16.4. The predicted octanol–water partition coefficient (Wildman–Crippen LogP) is 0.149. The second-order valence-corrected chi connectivity index (χ2v) is 3.61. The zero-order valence-electron chi connectivity index (χ0n) is 9.73. The van der Waals surface area contributed by atoms with Crippen LogP contribution in [0.4, 0.5) is 11.4 Å². The highest BCUT2D eigenvalue weighted by molar-refractivity contribution is 5.94. The van der Waals surface area contributed by atoms with Crippen LogP contribution in [0.2, 0.25) is 0 Å². The summed E-state index contributed by atoms with van der Waals surface area (Å²) in [5.41, 5.74) is 6.54. The van der Waals surface area contributed by atoms with Crippen molar-refractivity contribution >= 4 is 23.3 Å². The van der Waals surface area contributed by atoms with Crippen LogP contribution >= 0.6 is 0 Å². The van der Waals surface area contributed by atoms with E-state index in [1.807, 2.05) is 0 Å². The van der Waals surface area contributed by atoms with Crippen LogP contribution in [0.15, 0.2) is 18.2 Å². The van der Waals surface area contributed by atoms with Crippen molar-refractivity contribution in [1.29, 1.82) is 0 Å². The molecule has 0 spiro atoms. The number of anilines is 2. The second kappa shape index (κ2) is 5.20. The number of nitrogen functional groups attached to an aromatic ring is 1. The number of carbonyl (C=O) groups excluding carboxylic acids is 1. The van der Waals surface area contributed by atoms with Crippen LogP contribution < -0.4 is 16.0 Å². The average Bonchev–Trinajstić information content (AvgIpc) is 2.28. The van der Waals surface area contributed by atoms with Crippen LogP contribution in [0.1, 0.15) is 10.4 Å². The molecule has 0 aliphatic carbocycles. The molecule has 92 valence electrons. The minimum Gasteiger partial charge on any atom is -0.478 e. The lowest BCUT2D eigenvalue weighted by Gasteiger charge is -2.19. The minimum atomic E-state index is -1.07. The average molecular weight is 237 g/mol. The number of carbonyl (C=O) groups is 2. The molecule has 6 heteroatoms. The lowest BCUT2D eigenvalue weighted by Crippen LogP contribution is -2.33. The Morgan fingerprint density at radius 3 is 2.59 bits per heavy atom. The number of rotatable bonds is 4. The van der Waals surface area contributed by atoms with Gasteiger partial charge in [-0.3, -0.25) is 4.79 Å². The fourth-order valence-electron chi connectivity index (χ4n) is 1.37. The molecule has 0 aliphatic rings. The van der Waals surface area contributed by atoms with Gasteiger partial charge in [0.15, 0.2) is 0 Å². The maximum absolute atomic E-state index is 11.2. The van der Waals surface area contributed by atoms with Crippen LogP contribution in [0.5, 0.6) is 0 Å². The van der Waals surface area contributed by atoms with Gasteiger partial charge >= 0.3 is 5.97 Å². The number of carboxylic acid groups (broad SMARTS) is 1. The zero-order valence-corrected chi connectivity index (χ0v) is 9.73. The summed E-state index contributed by atoms with van der Waals surface area (Å²) in [4.78, 5) is 23.6. The van der Waals surface area contributed by atoms with E-state index in [1.165, 1.54) is 12.1 Å². The minimum absolute atomic E-state index is 0.0575. The number of aromatic carboxylic acids is 1. The fraction of sp³-hybridized carbons (Fsp3) is 0.273. The van der Waals surface area contributed by atoms with Gasteiger partial charge in [-0.25, -0.2) is 4.79 Å². The molecule has 0 saturated heterocycles. The normalized spacial score (nSPS) is 9.76. The van der Waals surface area contributed by atoms with Gasteiger partial charge in [0.25, 0.3) is 0 Å². The number of hydrogen-bond donors (Lipinski definition) is 3. The van der Waals surface area contributed by atoms with Gasteiger partial charge < -0.3 is 21.1 Å². The molecule has 0 saturated carbocycles. The summed E-state index contributed by atoms with van der Waals surface area (Å²) in [6, 6.07) is 4.57. The molecule has 0 aromatic heterocycles. The lowest BCUT2D eigenvalue weighted by molar-refractivity contribution is -0.119. The first kappa shape index (κ1) is 12.8. The highest BCUT2D eigenvalue weighted by Crippen LogP contribution is 2.20. The Morgan fingerprint density at radius 2 is 2.12 bits per heavy atom. The van der Waals surface area contributed by atoms with Gasteiger partial charge in [0.2, 0.25) is 5.91 Å². The molecule has 17 heavy (non-hydrogen) atoms. The molecule has 1 rings (SSSR count). The predicted molar refractivity (Wildman–Crippen MR) is 65.2 cm³/mol. The number of nitrogens with zero attached hydrogens (tertiary/aromatic N) is 1. The molecule has 0 heterocycles. The Morgan fingerprint density at radius 1 is 1.47 bits per heavy atom. The summed E-state index contributed by atoms with van der Waals surface area (Å²) >= 11 is 0. The number of amides is 1. The third-order valence-electron chi connectivity index (χ3n) is 2.37. The van der Waals surface area contributed by atoms with Crippen LogP contribution in [-0.2, 0) is 4.79 Å². The van der Waals surface area contributed by atoms with E-state index in [0.29, 0.717) is 5.69 Å². The molecule has 1 aromatic rings. The van der Waals surface area contributed by atoms with E-state index in [0.717, 1.165) is 0 Å². The third kappa shape index (κ3) is 3.10.